The lowest BCUT2D eigenvalue weighted by atomic mass is 10.3. The fourth-order valence-electron chi connectivity index (χ4n) is 1.40. The van der Waals surface area contributed by atoms with Crippen molar-refractivity contribution in [3.63, 3.8) is 0 Å². The summed E-state index contributed by atoms with van der Waals surface area (Å²) in [5.41, 5.74) is -0.810. The van der Waals surface area contributed by atoms with Crippen LogP contribution in [0.15, 0.2) is 18.2 Å². The average Bonchev–Trinajstić information content (AvgIpc) is 2.44. The van der Waals surface area contributed by atoms with Crippen LogP contribution >= 0.6 is 0 Å². The third-order valence-corrected chi connectivity index (χ3v) is 2.50. The highest BCUT2D eigenvalue weighted by atomic mass is 19.1. The lowest BCUT2D eigenvalue weighted by Gasteiger charge is -2.11. The third-order valence-electron chi connectivity index (χ3n) is 2.50. The number of nitrogens with zero attached hydrogens (tertiary/aromatic N) is 2. The Morgan fingerprint density at radius 2 is 2.05 bits per heavy atom. The molecule has 22 heavy (non-hydrogen) atoms. The molecular formula is C12H13FN2O7. The van der Waals surface area contributed by atoms with Crippen molar-refractivity contribution in [1.29, 1.82) is 0 Å². The molecule has 0 N–H and O–H groups in total. The Bertz CT molecular complexity index is 579. The van der Waals surface area contributed by atoms with Gasteiger partial charge in [0.25, 0.3) is 0 Å². The van der Waals surface area contributed by atoms with Crippen molar-refractivity contribution < 1.29 is 28.5 Å². The molecule has 0 saturated carbocycles. The van der Waals surface area contributed by atoms with Gasteiger partial charge in [0.15, 0.2) is 0 Å². The number of nitro benzene ring substituents is 1. The van der Waals surface area contributed by atoms with E-state index in [1.165, 1.54) is 0 Å². The first-order valence-corrected chi connectivity index (χ1v) is 6.27. The molecule has 0 amide bonds. The summed E-state index contributed by atoms with van der Waals surface area (Å²) < 4.78 is 22.8. The Labute approximate surface area is 123 Å². The van der Waals surface area contributed by atoms with Gasteiger partial charge in [0.2, 0.25) is 5.82 Å². The molecule has 0 spiro atoms. The van der Waals surface area contributed by atoms with E-state index in [4.69, 9.17) is 4.74 Å². The fourth-order valence-corrected chi connectivity index (χ4v) is 1.40. The molecule has 1 aromatic carbocycles. The van der Waals surface area contributed by atoms with Gasteiger partial charge in [0, 0.05) is 12.1 Å². The molecule has 120 valence electrons. The maximum atomic E-state index is 13.4. The lowest BCUT2D eigenvalue weighted by molar-refractivity contribution is -0.548. The van der Waals surface area contributed by atoms with E-state index < -0.39 is 39.3 Å². The van der Waals surface area contributed by atoms with E-state index in [1.54, 1.807) is 0 Å². The smallest absolute Gasteiger partial charge is 0.452 e. The standard InChI is InChI=1S/C12H13FN2O7/c1-2-3-6-21-12(16)11(15(19)20)22-8-4-5-10(14(17)18)9(13)7-8/h4-5,7,11H,2-3,6H2,1H3. The lowest BCUT2D eigenvalue weighted by Crippen LogP contribution is -2.37. The second-order valence-electron chi connectivity index (χ2n) is 4.15. The molecular weight excluding hydrogens is 303 g/mol. The topological polar surface area (TPSA) is 122 Å². The number of rotatable bonds is 8. The number of benzene rings is 1. The molecule has 1 atom stereocenters. The maximum absolute atomic E-state index is 13.4. The van der Waals surface area contributed by atoms with Crippen LogP contribution in [-0.2, 0) is 9.53 Å². The summed E-state index contributed by atoms with van der Waals surface area (Å²) in [7, 11) is 0. The zero-order valence-corrected chi connectivity index (χ0v) is 11.6. The molecule has 0 radical (unpaired) electrons. The SMILES string of the molecule is CCCCOC(=O)C(Oc1ccc([N+](=O)[O-])c(F)c1)[N+](=O)[O-]. The van der Waals surface area contributed by atoms with E-state index in [0.717, 1.165) is 18.6 Å². The number of carbonyl (C=O) groups excluding carboxylic acids is 1. The first-order valence-electron chi connectivity index (χ1n) is 6.27. The van der Waals surface area contributed by atoms with Gasteiger partial charge in [-0.05, 0) is 12.5 Å². The summed E-state index contributed by atoms with van der Waals surface area (Å²) >= 11 is 0. The molecule has 9 nitrogen and oxygen atoms in total. The van der Waals surface area contributed by atoms with Gasteiger partial charge in [-0.2, -0.15) is 4.39 Å². The number of carbonyl (C=O) groups is 1. The van der Waals surface area contributed by atoms with Crippen LogP contribution in [0.5, 0.6) is 5.75 Å². The number of ether oxygens (including phenoxy) is 2. The number of nitro groups is 2. The molecule has 0 fully saturated rings. The largest absolute Gasteiger partial charge is 0.458 e. The van der Waals surface area contributed by atoms with Gasteiger partial charge >= 0.3 is 17.9 Å². The van der Waals surface area contributed by atoms with Crippen LogP contribution in [0.4, 0.5) is 10.1 Å². The Morgan fingerprint density at radius 3 is 2.55 bits per heavy atom. The van der Waals surface area contributed by atoms with Gasteiger partial charge in [-0.15, -0.1) is 0 Å². The van der Waals surface area contributed by atoms with Crippen molar-refractivity contribution in [3.05, 3.63) is 44.2 Å². The molecule has 0 aliphatic rings. The third kappa shape index (κ3) is 4.65. The average molecular weight is 316 g/mol. The van der Waals surface area contributed by atoms with Gasteiger partial charge < -0.3 is 9.47 Å². The van der Waals surface area contributed by atoms with Crippen molar-refractivity contribution in [2.45, 2.75) is 26.0 Å². The number of halogens is 1. The van der Waals surface area contributed by atoms with Gasteiger partial charge in [-0.3, -0.25) is 20.2 Å². The highest BCUT2D eigenvalue weighted by Gasteiger charge is 2.34. The minimum absolute atomic E-state index is 0.00233. The molecule has 0 heterocycles. The van der Waals surface area contributed by atoms with Crippen LogP contribution in [0.3, 0.4) is 0 Å². The summed E-state index contributed by atoms with van der Waals surface area (Å²) in [6, 6.07) is 2.33. The fraction of sp³-hybridized carbons (Fsp3) is 0.417. The second kappa shape index (κ2) is 7.86. The van der Waals surface area contributed by atoms with E-state index in [0.29, 0.717) is 12.5 Å². The molecule has 1 rings (SSSR count). The predicted molar refractivity (Wildman–Crippen MR) is 70.3 cm³/mol. The zero-order chi connectivity index (χ0) is 16.7. The Kier molecular flexibility index (Phi) is 6.17. The van der Waals surface area contributed by atoms with Crippen LogP contribution in [0.25, 0.3) is 0 Å². The Balaban J connectivity index is 2.83. The van der Waals surface area contributed by atoms with Gasteiger partial charge in [-0.1, -0.05) is 13.3 Å². The van der Waals surface area contributed by atoms with Crippen LogP contribution in [0, 0.1) is 26.0 Å². The van der Waals surface area contributed by atoms with Crippen LogP contribution in [0.1, 0.15) is 19.8 Å². The Morgan fingerprint density at radius 1 is 1.36 bits per heavy atom. The minimum Gasteiger partial charge on any atom is -0.458 e. The molecule has 1 aromatic rings. The first-order chi connectivity index (χ1) is 10.4. The molecule has 0 saturated heterocycles. The van der Waals surface area contributed by atoms with E-state index in [-0.39, 0.29) is 6.61 Å². The predicted octanol–water partition coefficient (Wildman–Crippen LogP) is 2.06. The van der Waals surface area contributed by atoms with E-state index in [9.17, 15) is 29.4 Å². The van der Waals surface area contributed by atoms with Crippen LogP contribution < -0.4 is 4.74 Å². The summed E-state index contributed by atoms with van der Waals surface area (Å²) in [6.45, 7) is 1.84. The number of unbranched alkanes of at least 4 members (excludes halogenated alkanes) is 1. The Hall–Kier alpha value is -2.78. The van der Waals surface area contributed by atoms with Crippen molar-refractivity contribution >= 4 is 11.7 Å². The van der Waals surface area contributed by atoms with Crippen molar-refractivity contribution in [2.24, 2.45) is 0 Å². The van der Waals surface area contributed by atoms with E-state index >= 15 is 0 Å². The van der Waals surface area contributed by atoms with Gasteiger partial charge in [0.05, 0.1) is 16.5 Å². The highest BCUT2D eigenvalue weighted by Crippen LogP contribution is 2.23. The summed E-state index contributed by atoms with van der Waals surface area (Å²) in [5.74, 6) is -2.85. The second-order valence-corrected chi connectivity index (χ2v) is 4.15. The maximum Gasteiger partial charge on any atom is 0.452 e. The van der Waals surface area contributed by atoms with Crippen molar-refractivity contribution in [3.8, 4) is 5.75 Å². The molecule has 10 heteroatoms. The van der Waals surface area contributed by atoms with Crippen LogP contribution in [0.2, 0.25) is 0 Å². The number of hydrogen-bond donors (Lipinski definition) is 0. The molecule has 1 unspecified atom stereocenters. The summed E-state index contributed by atoms with van der Waals surface area (Å²) in [4.78, 5) is 30.8. The number of esters is 1. The van der Waals surface area contributed by atoms with Gasteiger partial charge in [-0.25, -0.2) is 4.79 Å². The minimum atomic E-state index is -2.17. The molecule has 0 aliphatic heterocycles. The first kappa shape index (κ1) is 17.3. The van der Waals surface area contributed by atoms with E-state index in [1.807, 2.05) is 6.92 Å². The highest BCUT2D eigenvalue weighted by molar-refractivity contribution is 5.73. The molecule has 0 bridgehead atoms. The number of hydrogen-bond acceptors (Lipinski definition) is 7. The van der Waals surface area contributed by atoms with Crippen LogP contribution in [-0.4, -0.2) is 28.7 Å². The zero-order valence-electron chi connectivity index (χ0n) is 11.6. The normalized spacial score (nSPS) is 11.5. The molecule has 0 aromatic heterocycles. The summed E-state index contributed by atoms with van der Waals surface area (Å²) in [5, 5.41) is 21.3. The molecule has 0 aliphatic carbocycles. The van der Waals surface area contributed by atoms with Crippen molar-refractivity contribution in [1.82, 2.24) is 0 Å². The van der Waals surface area contributed by atoms with E-state index in [2.05, 4.69) is 4.74 Å². The van der Waals surface area contributed by atoms with Crippen molar-refractivity contribution in [2.75, 3.05) is 6.61 Å². The summed E-state index contributed by atoms with van der Waals surface area (Å²) in [6.07, 6.45) is -0.912. The quantitative estimate of drug-likeness (QED) is 0.236. The monoisotopic (exact) mass is 316 g/mol. The van der Waals surface area contributed by atoms with Gasteiger partial charge in [0.1, 0.15) is 5.75 Å².